The van der Waals surface area contributed by atoms with E-state index in [2.05, 4.69) is 15.5 Å². The highest BCUT2D eigenvalue weighted by Gasteiger charge is 2.20. The second-order valence-corrected chi connectivity index (χ2v) is 6.44. The molecule has 0 radical (unpaired) electrons. The summed E-state index contributed by atoms with van der Waals surface area (Å²) < 4.78 is 2.75. The van der Waals surface area contributed by atoms with Crippen molar-refractivity contribution in [3.8, 4) is 0 Å². The van der Waals surface area contributed by atoms with E-state index >= 15 is 0 Å². The number of hydrogen-bond acceptors (Lipinski definition) is 4. The van der Waals surface area contributed by atoms with E-state index in [1.165, 1.54) is 11.0 Å². The summed E-state index contributed by atoms with van der Waals surface area (Å²) in [6.45, 7) is 1.83. The number of nitrogens with one attached hydrogen (secondary N) is 1. The van der Waals surface area contributed by atoms with E-state index in [0.717, 1.165) is 42.5 Å². The van der Waals surface area contributed by atoms with Crippen LogP contribution in [0.25, 0.3) is 5.52 Å². The fourth-order valence-corrected chi connectivity index (χ4v) is 3.34. The van der Waals surface area contributed by atoms with E-state index in [1.807, 2.05) is 31.2 Å². The molecule has 0 unspecified atom stereocenters. The number of nitrogens with zero attached hydrogens (tertiary/aromatic N) is 4. The number of rotatable bonds is 3. The second kappa shape index (κ2) is 6.16. The molecule has 0 atom stereocenters. The molecule has 0 saturated carbocycles. The first-order valence-electron chi connectivity index (χ1n) is 8.44. The smallest absolute Gasteiger partial charge is 0.293 e. The van der Waals surface area contributed by atoms with Crippen LogP contribution in [0.4, 0.5) is 5.69 Å². The highest BCUT2D eigenvalue weighted by atomic mass is 16.2. The largest absolute Gasteiger partial charge is 0.324 e. The molecule has 1 aliphatic rings. The summed E-state index contributed by atoms with van der Waals surface area (Å²) in [7, 11) is 0. The van der Waals surface area contributed by atoms with Gasteiger partial charge in [-0.05, 0) is 50.3 Å². The van der Waals surface area contributed by atoms with Gasteiger partial charge in [-0.15, -0.1) is 0 Å². The van der Waals surface area contributed by atoms with Crippen molar-refractivity contribution in [2.45, 2.75) is 39.2 Å². The topological polar surface area (TPSA) is 81.3 Å². The first-order valence-corrected chi connectivity index (χ1v) is 8.44. The van der Waals surface area contributed by atoms with E-state index in [-0.39, 0.29) is 18.0 Å². The first-order chi connectivity index (χ1) is 12.1. The molecule has 2 heterocycles. The minimum absolute atomic E-state index is 0.122. The van der Waals surface area contributed by atoms with E-state index in [9.17, 15) is 9.59 Å². The third-order valence-electron chi connectivity index (χ3n) is 4.51. The van der Waals surface area contributed by atoms with Crippen LogP contribution in [0.3, 0.4) is 0 Å². The van der Waals surface area contributed by atoms with Gasteiger partial charge in [0.05, 0.1) is 5.69 Å². The van der Waals surface area contributed by atoms with Crippen molar-refractivity contribution in [2.75, 3.05) is 5.32 Å². The van der Waals surface area contributed by atoms with Gasteiger partial charge in [0.1, 0.15) is 18.4 Å². The summed E-state index contributed by atoms with van der Waals surface area (Å²) in [5.74, 6) is -0.280. The Morgan fingerprint density at radius 2 is 2.12 bits per heavy atom. The summed E-state index contributed by atoms with van der Waals surface area (Å²) >= 11 is 0. The molecule has 2 aromatic heterocycles. The summed E-state index contributed by atoms with van der Waals surface area (Å²) in [4.78, 5) is 25.0. The Kier molecular flexibility index (Phi) is 3.83. The van der Waals surface area contributed by atoms with Crippen LogP contribution < -0.4 is 10.9 Å². The van der Waals surface area contributed by atoms with Gasteiger partial charge in [-0.1, -0.05) is 12.1 Å². The molecule has 3 aromatic rings. The Hall–Kier alpha value is -2.96. The number of hydrogen-bond donors (Lipinski definition) is 1. The van der Waals surface area contributed by atoms with Crippen molar-refractivity contribution in [1.29, 1.82) is 0 Å². The predicted octanol–water partition coefficient (Wildman–Crippen LogP) is 1.72. The van der Waals surface area contributed by atoms with E-state index in [1.54, 1.807) is 4.52 Å². The molecule has 1 aromatic carbocycles. The number of carbonyl (C=O) groups excluding carboxylic acids is 1. The number of amides is 1. The summed E-state index contributed by atoms with van der Waals surface area (Å²) in [6, 6.07) is 7.53. The standard InChI is InChI=1S/C18H19N5O2/c1-12-5-4-6-13(9-12)20-16(24)10-22-18(25)17-14-7-2-3-8-15(14)21-23(17)11-19-22/h4-6,9,11H,2-3,7-8,10H2,1H3,(H,20,24). The zero-order valence-corrected chi connectivity index (χ0v) is 14.0. The number of aromatic nitrogens is 4. The van der Waals surface area contributed by atoms with Crippen LogP contribution in [0.15, 0.2) is 35.4 Å². The molecule has 128 valence electrons. The van der Waals surface area contributed by atoms with Gasteiger partial charge in [-0.25, -0.2) is 9.20 Å². The van der Waals surface area contributed by atoms with Crippen LogP contribution in [-0.4, -0.2) is 25.3 Å². The molecule has 7 heteroatoms. The molecule has 0 spiro atoms. The number of fused-ring (bicyclic) bond motifs is 3. The molecule has 1 aliphatic carbocycles. The minimum atomic E-state index is -0.280. The third-order valence-corrected chi connectivity index (χ3v) is 4.51. The van der Waals surface area contributed by atoms with Crippen LogP contribution in [0.5, 0.6) is 0 Å². The molecule has 4 rings (SSSR count). The van der Waals surface area contributed by atoms with Gasteiger partial charge < -0.3 is 5.32 Å². The van der Waals surface area contributed by atoms with Crippen molar-refractivity contribution in [2.24, 2.45) is 0 Å². The quantitative estimate of drug-likeness (QED) is 0.789. The maximum absolute atomic E-state index is 12.8. The molecule has 0 fully saturated rings. The lowest BCUT2D eigenvalue weighted by Gasteiger charge is -2.09. The van der Waals surface area contributed by atoms with E-state index in [4.69, 9.17) is 0 Å². The number of aryl methyl sites for hydroxylation is 3. The van der Waals surface area contributed by atoms with Crippen LogP contribution in [0.1, 0.15) is 29.7 Å². The maximum Gasteiger partial charge on any atom is 0.293 e. The van der Waals surface area contributed by atoms with Crippen LogP contribution in [0, 0.1) is 6.92 Å². The highest BCUT2D eigenvalue weighted by molar-refractivity contribution is 5.90. The molecule has 0 aliphatic heterocycles. The third kappa shape index (κ3) is 2.93. The second-order valence-electron chi connectivity index (χ2n) is 6.44. The molecule has 1 amide bonds. The predicted molar refractivity (Wildman–Crippen MR) is 93.7 cm³/mol. The van der Waals surface area contributed by atoms with Gasteiger partial charge in [0, 0.05) is 11.3 Å². The summed E-state index contributed by atoms with van der Waals surface area (Å²) in [5, 5.41) is 11.3. The number of benzene rings is 1. The molecular weight excluding hydrogens is 318 g/mol. The fraction of sp³-hybridized carbons (Fsp3) is 0.333. The maximum atomic E-state index is 12.8. The van der Waals surface area contributed by atoms with Gasteiger partial charge in [-0.3, -0.25) is 9.59 Å². The molecular formula is C18H19N5O2. The molecule has 1 N–H and O–H groups in total. The zero-order valence-electron chi connectivity index (χ0n) is 14.0. The van der Waals surface area contributed by atoms with Crippen LogP contribution >= 0.6 is 0 Å². The van der Waals surface area contributed by atoms with Gasteiger partial charge in [0.2, 0.25) is 5.91 Å². The number of carbonyl (C=O) groups is 1. The van der Waals surface area contributed by atoms with Crippen molar-refractivity contribution in [1.82, 2.24) is 19.4 Å². The summed E-state index contributed by atoms with van der Waals surface area (Å²) in [6.07, 6.45) is 5.41. The highest BCUT2D eigenvalue weighted by Crippen LogP contribution is 2.22. The minimum Gasteiger partial charge on any atom is -0.324 e. The Bertz CT molecular complexity index is 1020. The fourth-order valence-electron chi connectivity index (χ4n) is 3.34. The Balaban J connectivity index is 1.62. The first kappa shape index (κ1) is 15.6. The van der Waals surface area contributed by atoms with Gasteiger partial charge in [-0.2, -0.15) is 10.2 Å². The Morgan fingerprint density at radius 3 is 2.96 bits per heavy atom. The summed E-state index contributed by atoms with van der Waals surface area (Å²) in [5.41, 5.74) is 4.03. The van der Waals surface area contributed by atoms with Gasteiger partial charge >= 0.3 is 0 Å². The molecule has 0 saturated heterocycles. The lowest BCUT2D eigenvalue weighted by molar-refractivity contribution is -0.117. The lowest BCUT2D eigenvalue weighted by atomic mass is 9.97. The SMILES string of the molecule is Cc1cccc(NC(=O)Cn2ncn3nc4c(c3c2=O)CCCC4)c1. The lowest BCUT2D eigenvalue weighted by Crippen LogP contribution is -2.31. The van der Waals surface area contributed by atoms with Crippen molar-refractivity contribution in [3.63, 3.8) is 0 Å². The normalized spacial score (nSPS) is 13.6. The van der Waals surface area contributed by atoms with E-state index in [0.29, 0.717) is 11.2 Å². The molecule has 0 bridgehead atoms. The van der Waals surface area contributed by atoms with Crippen molar-refractivity contribution in [3.05, 3.63) is 57.8 Å². The van der Waals surface area contributed by atoms with Gasteiger partial charge in [0.25, 0.3) is 5.56 Å². The average molecular weight is 337 g/mol. The van der Waals surface area contributed by atoms with Crippen molar-refractivity contribution >= 4 is 17.1 Å². The van der Waals surface area contributed by atoms with E-state index < -0.39 is 0 Å². The Labute approximate surface area is 144 Å². The van der Waals surface area contributed by atoms with Crippen LogP contribution in [-0.2, 0) is 24.2 Å². The van der Waals surface area contributed by atoms with Crippen molar-refractivity contribution < 1.29 is 4.79 Å². The van der Waals surface area contributed by atoms with Gasteiger partial charge in [0.15, 0.2) is 0 Å². The molecule has 25 heavy (non-hydrogen) atoms. The average Bonchev–Trinajstić information content (AvgIpc) is 2.96. The van der Waals surface area contributed by atoms with Crippen LogP contribution in [0.2, 0.25) is 0 Å². The number of anilines is 1. The zero-order chi connectivity index (χ0) is 17.4. The molecule has 7 nitrogen and oxygen atoms in total. The monoisotopic (exact) mass is 337 g/mol. The Morgan fingerprint density at radius 1 is 1.28 bits per heavy atom.